The molecule has 0 aliphatic heterocycles. The fraction of sp³-hybridized carbons (Fsp3) is 0.267. The largest absolute Gasteiger partial charge is 0.461 e. The van der Waals surface area contributed by atoms with Crippen molar-refractivity contribution in [3.05, 3.63) is 124 Å². The average Bonchev–Trinajstić information content (AvgIpc) is 3.98. The minimum atomic E-state index is -0.399. The van der Waals surface area contributed by atoms with Gasteiger partial charge in [-0.2, -0.15) is 19.5 Å². The number of furan rings is 1. The van der Waals surface area contributed by atoms with Crippen LogP contribution in [0, 0.1) is 20.8 Å². The number of hydrogen-bond acceptors (Lipinski definition) is 15. The summed E-state index contributed by atoms with van der Waals surface area (Å²) in [6.45, 7) is 8.44. The number of halogens is 1. The highest BCUT2D eigenvalue weighted by Gasteiger charge is 2.19. The van der Waals surface area contributed by atoms with Crippen molar-refractivity contribution in [1.82, 2.24) is 50.5 Å². The maximum atomic E-state index is 13.5. The molecular weight excluding hydrogens is 852 g/mol. The quantitative estimate of drug-likeness (QED) is 0.0464. The van der Waals surface area contributed by atoms with Crippen molar-refractivity contribution in [1.29, 1.82) is 0 Å². The molecule has 19 nitrogen and oxygen atoms in total. The monoisotopic (exact) mass is 900 g/mol. The third-order valence-corrected chi connectivity index (χ3v) is 10.6. The lowest BCUT2D eigenvalue weighted by atomic mass is 9.98. The Kier molecular flexibility index (Phi) is 15.0. The number of nitrogens with zero attached hydrogens (tertiary/aromatic N) is 7. The number of nitrogen functional groups attached to an aromatic ring is 1. The van der Waals surface area contributed by atoms with Gasteiger partial charge in [0.15, 0.2) is 5.76 Å². The molecular formula is C45H49ClN14O5. The van der Waals surface area contributed by atoms with E-state index >= 15 is 0 Å². The van der Waals surface area contributed by atoms with E-state index in [1.54, 1.807) is 36.7 Å². The lowest BCUT2D eigenvalue weighted by Gasteiger charge is -2.16. The molecule has 5 heterocycles. The van der Waals surface area contributed by atoms with E-state index in [0.717, 1.165) is 22.3 Å². The van der Waals surface area contributed by atoms with Crippen LogP contribution in [0.15, 0.2) is 83.7 Å². The second-order valence-corrected chi connectivity index (χ2v) is 15.4. The van der Waals surface area contributed by atoms with Gasteiger partial charge in [0.1, 0.15) is 11.4 Å². The van der Waals surface area contributed by atoms with Crippen LogP contribution in [0.25, 0.3) is 28.5 Å². The summed E-state index contributed by atoms with van der Waals surface area (Å²) >= 11 is 6.91. The van der Waals surface area contributed by atoms with Crippen LogP contribution >= 0.6 is 11.6 Å². The van der Waals surface area contributed by atoms with Crippen LogP contribution in [0.1, 0.15) is 61.6 Å². The number of benzene rings is 2. The SMILES string of the molecule is Cc1cc(CNCCNC(=O)CCCNc2nc(N)n3nc(-c4ccco4)nc3n2)cnc1C(=O)Nc1cccc(-c2cccc(NC(=O)c3ncc(CNCCO)cc3C)c2Cl)c1C. The van der Waals surface area contributed by atoms with Crippen LogP contribution in [0.4, 0.5) is 23.3 Å². The predicted molar refractivity (Wildman–Crippen MR) is 247 cm³/mol. The highest BCUT2D eigenvalue weighted by atomic mass is 35.5. The second-order valence-electron chi connectivity index (χ2n) is 15.1. The summed E-state index contributed by atoms with van der Waals surface area (Å²) in [7, 11) is 0. The third-order valence-electron chi connectivity index (χ3n) is 10.2. The van der Waals surface area contributed by atoms with Crippen LogP contribution in [0.3, 0.4) is 0 Å². The van der Waals surface area contributed by atoms with Gasteiger partial charge in [-0.1, -0.05) is 48.0 Å². The lowest BCUT2D eigenvalue weighted by Crippen LogP contribution is -2.31. The molecule has 0 atom stereocenters. The van der Waals surface area contributed by atoms with Gasteiger partial charge in [-0.05, 0) is 84.8 Å². The highest BCUT2D eigenvalue weighted by Crippen LogP contribution is 2.37. The number of anilines is 4. The van der Waals surface area contributed by atoms with Crippen molar-refractivity contribution in [3.63, 3.8) is 0 Å². The normalized spacial score (nSPS) is 11.2. The molecule has 0 spiro atoms. The number of rotatable bonds is 20. The van der Waals surface area contributed by atoms with Crippen molar-refractivity contribution >= 4 is 58.4 Å². The zero-order chi connectivity index (χ0) is 45.9. The molecule has 0 aliphatic carbocycles. The molecule has 65 heavy (non-hydrogen) atoms. The number of aryl methyl sites for hydroxylation is 2. The zero-order valence-corrected chi connectivity index (χ0v) is 36.8. The summed E-state index contributed by atoms with van der Waals surface area (Å²) in [4.78, 5) is 61.0. The summed E-state index contributed by atoms with van der Waals surface area (Å²) < 4.78 is 6.67. The van der Waals surface area contributed by atoms with Crippen LogP contribution in [-0.4, -0.2) is 90.1 Å². The molecule has 0 radical (unpaired) electrons. The Balaban J connectivity index is 0.852. The lowest BCUT2D eigenvalue weighted by molar-refractivity contribution is -0.121. The van der Waals surface area contributed by atoms with Gasteiger partial charge in [-0.25, -0.2) is 0 Å². The van der Waals surface area contributed by atoms with E-state index in [4.69, 9.17) is 26.9 Å². The number of hydrogen-bond donors (Lipinski definition) is 8. The molecule has 20 heteroatoms. The fourth-order valence-electron chi connectivity index (χ4n) is 6.96. The number of carbonyl (C=O) groups is 3. The van der Waals surface area contributed by atoms with E-state index < -0.39 is 5.91 Å². The van der Waals surface area contributed by atoms with Gasteiger partial charge in [-0.15, -0.1) is 5.10 Å². The smallest absolute Gasteiger partial charge is 0.274 e. The van der Waals surface area contributed by atoms with Gasteiger partial charge in [0.05, 0.1) is 23.6 Å². The summed E-state index contributed by atoms with van der Waals surface area (Å²) in [5, 5.41) is 31.9. The first-order valence-electron chi connectivity index (χ1n) is 20.9. The molecule has 0 fully saturated rings. The number of nitrogens with two attached hydrogens (primary N) is 1. The number of carbonyl (C=O) groups excluding carboxylic acids is 3. The van der Waals surface area contributed by atoms with Crippen LogP contribution in [-0.2, 0) is 17.9 Å². The Hall–Kier alpha value is -7.32. The molecule has 9 N–H and O–H groups in total. The van der Waals surface area contributed by atoms with Gasteiger partial charge >= 0.3 is 0 Å². The first kappa shape index (κ1) is 45.7. The number of nitrogens with one attached hydrogen (secondary N) is 6. The summed E-state index contributed by atoms with van der Waals surface area (Å²) in [6, 6.07) is 18.2. The van der Waals surface area contributed by atoms with Crippen LogP contribution in [0.5, 0.6) is 0 Å². The average molecular weight is 901 g/mol. The molecule has 7 aromatic rings. The topological polar surface area (TPSA) is 265 Å². The van der Waals surface area contributed by atoms with E-state index in [1.165, 1.54) is 10.8 Å². The molecule has 0 saturated heterocycles. The van der Waals surface area contributed by atoms with Gasteiger partial charge in [0.2, 0.25) is 23.6 Å². The number of fused-ring (bicyclic) bond motifs is 1. The van der Waals surface area contributed by atoms with E-state index in [2.05, 4.69) is 61.9 Å². The van der Waals surface area contributed by atoms with Crippen molar-refractivity contribution < 1.29 is 23.9 Å². The molecule has 7 rings (SSSR count). The van der Waals surface area contributed by atoms with Crippen molar-refractivity contribution in [3.8, 4) is 22.7 Å². The Bertz CT molecular complexity index is 2810. The summed E-state index contributed by atoms with van der Waals surface area (Å²) in [5.41, 5.74) is 13.0. The van der Waals surface area contributed by atoms with Gasteiger partial charge < -0.3 is 47.2 Å². The van der Waals surface area contributed by atoms with Gasteiger partial charge in [0, 0.05) is 69.3 Å². The van der Waals surface area contributed by atoms with E-state index in [0.29, 0.717) is 96.8 Å². The molecule has 0 saturated carbocycles. The number of amides is 3. The predicted octanol–water partition coefficient (Wildman–Crippen LogP) is 5.08. The number of aliphatic hydroxyl groups is 1. The van der Waals surface area contributed by atoms with E-state index in [-0.39, 0.29) is 47.5 Å². The minimum Gasteiger partial charge on any atom is -0.461 e. The number of pyridine rings is 2. The Morgan fingerprint density at radius 3 is 2.11 bits per heavy atom. The molecule has 2 aromatic carbocycles. The maximum Gasteiger partial charge on any atom is 0.274 e. The standard InChI is InChI=1S/C45H49ClN14O5/c1-26-20-29(22-48-15-16-50-36(62)13-6-14-51-44-57-43(47)60-45(58-44)56-40(59-60)35-12-7-19-65-35)24-52-38(26)41(63)54-33-10-4-8-31(28(33)3)32-9-5-11-34(37(32)46)55-42(64)39-27(2)21-30(25-53-39)23-49-17-18-61/h4-5,7-12,19-21,24-25,48-49,61H,6,13-18,22-23H2,1-3H3,(H,50,62)(H,54,63)(H,55,64)(H3,47,51,56,57,58,59). The molecule has 0 unspecified atom stereocenters. The molecule has 3 amide bonds. The van der Waals surface area contributed by atoms with Crippen LogP contribution in [0.2, 0.25) is 5.02 Å². The van der Waals surface area contributed by atoms with Gasteiger partial charge in [0.25, 0.3) is 17.6 Å². The highest BCUT2D eigenvalue weighted by molar-refractivity contribution is 6.36. The number of aliphatic hydroxyl groups excluding tert-OH is 1. The Labute approximate surface area is 379 Å². The Morgan fingerprint density at radius 1 is 0.785 bits per heavy atom. The van der Waals surface area contributed by atoms with Gasteiger partial charge in [-0.3, -0.25) is 24.4 Å². The molecule has 5 aromatic heterocycles. The third kappa shape index (κ3) is 11.4. The summed E-state index contributed by atoms with van der Waals surface area (Å²) in [5.74, 6) is 0.644. The minimum absolute atomic E-state index is 0.0314. The van der Waals surface area contributed by atoms with Crippen molar-refractivity contribution in [2.45, 2.75) is 46.7 Å². The number of aromatic nitrogens is 7. The first-order valence-corrected chi connectivity index (χ1v) is 21.3. The second kappa shape index (κ2) is 21.4. The van der Waals surface area contributed by atoms with Crippen molar-refractivity contribution in [2.75, 3.05) is 54.5 Å². The van der Waals surface area contributed by atoms with Crippen LogP contribution < -0.4 is 37.6 Å². The molecule has 336 valence electrons. The first-order chi connectivity index (χ1) is 31.5. The van der Waals surface area contributed by atoms with Crippen molar-refractivity contribution in [2.24, 2.45) is 0 Å². The van der Waals surface area contributed by atoms with E-state index in [1.807, 2.05) is 57.2 Å². The van der Waals surface area contributed by atoms with E-state index in [9.17, 15) is 14.4 Å². The summed E-state index contributed by atoms with van der Waals surface area (Å²) in [6.07, 6.45) is 5.65. The maximum absolute atomic E-state index is 13.5. The zero-order valence-electron chi connectivity index (χ0n) is 36.0. The molecule has 0 bridgehead atoms. The molecule has 0 aliphatic rings. The Morgan fingerprint density at radius 2 is 1.45 bits per heavy atom. The fourth-order valence-corrected chi connectivity index (χ4v) is 7.24.